The molecular weight excluding hydrogens is 278 g/mol. The van der Waals surface area contributed by atoms with E-state index in [0.717, 1.165) is 5.56 Å². The number of aliphatic hydroxyl groups is 1. The molecule has 1 aromatic heterocycles. The molecule has 0 aliphatic rings. The second kappa shape index (κ2) is 5.76. The molecule has 0 aliphatic heterocycles. The Morgan fingerprint density at radius 3 is 2.45 bits per heavy atom. The summed E-state index contributed by atoms with van der Waals surface area (Å²) in [7, 11) is -3.45. The van der Waals surface area contributed by atoms with Crippen LogP contribution in [0.5, 0.6) is 0 Å². The van der Waals surface area contributed by atoms with Gasteiger partial charge in [0.05, 0.1) is 23.3 Å². The maximum absolute atomic E-state index is 12.0. The molecule has 2 aromatic rings. The number of nitrogens with zero attached hydrogens (tertiary/aromatic N) is 1. The molecule has 5 nitrogen and oxygen atoms in total. The van der Waals surface area contributed by atoms with E-state index in [1.54, 1.807) is 25.1 Å². The van der Waals surface area contributed by atoms with Gasteiger partial charge in [-0.15, -0.1) is 0 Å². The average molecular weight is 295 g/mol. The minimum atomic E-state index is -3.45. The number of benzene rings is 1. The van der Waals surface area contributed by atoms with Crippen molar-refractivity contribution < 1.29 is 18.0 Å². The van der Waals surface area contributed by atoms with Crippen LogP contribution in [0.1, 0.15) is 28.7 Å². The van der Waals surface area contributed by atoms with Crippen LogP contribution in [0.3, 0.4) is 0 Å². The summed E-state index contributed by atoms with van der Waals surface area (Å²) in [6, 6.07) is 8.72. The van der Waals surface area contributed by atoms with Crippen LogP contribution in [0.25, 0.3) is 0 Å². The van der Waals surface area contributed by atoms with Crippen LogP contribution in [-0.4, -0.2) is 24.4 Å². The van der Waals surface area contributed by atoms with Gasteiger partial charge in [0, 0.05) is 6.07 Å². The zero-order valence-electron chi connectivity index (χ0n) is 11.4. The highest BCUT2D eigenvalue weighted by molar-refractivity contribution is 7.90. The van der Waals surface area contributed by atoms with E-state index < -0.39 is 15.9 Å². The molecule has 20 heavy (non-hydrogen) atoms. The van der Waals surface area contributed by atoms with E-state index in [0.29, 0.717) is 17.0 Å². The fraction of sp³-hybridized carbons (Fsp3) is 0.357. The zero-order chi connectivity index (χ0) is 14.8. The number of aryl methyl sites for hydroxylation is 2. The Bertz CT molecular complexity index is 673. The highest BCUT2D eigenvalue weighted by atomic mass is 32.2. The standard InChI is InChI=1S/C14H17NO4S/c1-10-3-5-12(6-4-10)14(16)9-20(17,18)8-13-7-11(2)19-15-13/h3-7,14,16H,8-9H2,1-2H3. The van der Waals surface area contributed by atoms with Crippen molar-refractivity contribution in [2.24, 2.45) is 0 Å². The molecule has 0 spiro atoms. The molecule has 108 valence electrons. The van der Waals surface area contributed by atoms with E-state index in [9.17, 15) is 13.5 Å². The van der Waals surface area contributed by atoms with Gasteiger partial charge in [-0.1, -0.05) is 35.0 Å². The van der Waals surface area contributed by atoms with Crippen molar-refractivity contribution in [1.82, 2.24) is 5.16 Å². The monoisotopic (exact) mass is 295 g/mol. The molecule has 2 rings (SSSR count). The SMILES string of the molecule is Cc1ccc(C(O)CS(=O)(=O)Cc2cc(C)on2)cc1. The summed E-state index contributed by atoms with van der Waals surface area (Å²) < 4.78 is 28.9. The van der Waals surface area contributed by atoms with Gasteiger partial charge in [-0.3, -0.25) is 0 Å². The van der Waals surface area contributed by atoms with E-state index in [1.165, 1.54) is 0 Å². The molecule has 6 heteroatoms. The molecule has 1 atom stereocenters. The van der Waals surface area contributed by atoms with E-state index in [1.807, 2.05) is 19.1 Å². The number of aromatic nitrogens is 1. The number of hydrogen-bond donors (Lipinski definition) is 1. The van der Waals surface area contributed by atoms with Gasteiger partial charge in [-0.25, -0.2) is 8.42 Å². The lowest BCUT2D eigenvalue weighted by Gasteiger charge is -2.11. The number of sulfone groups is 1. The Balaban J connectivity index is 2.05. The van der Waals surface area contributed by atoms with Gasteiger partial charge >= 0.3 is 0 Å². The van der Waals surface area contributed by atoms with Gasteiger partial charge in [0.25, 0.3) is 0 Å². The summed E-state index contributed by atoms with van der Waals surface area (Å²) >= 11 is 0. The van der Waals surface area contributed by atoms with Gasteiger partial charge in [-0.2, -0.15) is 0 Å². The van der Waals surface area contributed by atoms with Crippen molar-refractivity contribution in [3.8, 4) is 0 Å². The third-order valence-electron chi connectivity index (χ3n) is 2.92. The van der Waals surface area contributed by atoms with Crippen molar-refractivity contribution in [3.05, 3.63) is 52.9 Å². The Labute approximate surface area is 118 Å². The lowest BCUT2D eigenvalue weighted by Crippen LogP contribution is -2.16. The first kappa shape index (κ1) is 14.7. The second-order valence-corrected chi connectivity index (χ2v) is 7.02. The Hall–Kier alpha value is -1.66. The molecule has 1 N–H and O–H groups in total. The van der Waals surface area contributed by atoms with E-state index >= 15 is 0 Å². The first-order chi connectivity index (χ1) is 9.35. The van der Waals surface area contributed by atoms with Crippen molar-refractivity contribution in [1.29, 1.82) is 0 Å². The van der Waals surface area contributed by atoms with Gasteiger partial charge in [-0.05, 0) is 19.4 Å². The minimum Gasteiger partial charge on any atom is -0.387 e. The highest BCUT2D eigenvalue weighted by Crippen LogP contribution is 2.18. The van der Waals surface area contributed by atoms with Crippen LogP contribution >= 0.6 is 0 Å². The van der Waals surface area contributed by atoms with Crippen molar-refractivity contribution in [2.75, 3.05) is 5.75 Å². The van der Waals surface area contributed by atoms with Crippen LogP contribution in [0.4, 0.5) is 0 Å². The number of aliphatic hydroxyl groups excluding tert-OH is 1. The molecule has 0 amide bonds. The predicted octanol–water partition coefficient (Wildman–Crippen LogP) is 1.94. The van der Waals surface area contributed by atoms with Gasteiger partial charge < -0.3 is 9.63 Å². The lowest BCUT2D eigenvalue weighted by atomic mass is 10.1. The van der Waals surface area contributed by atoms with Gasteiger partial charge in [0.1, 0.15) is 5.76 Å². The van der Waals surface area contributed by atoms with Crippen molar-refractivity contribution >= 4 is 9.84 Å². The largest absolute Gasteiger partial charge is 0.387 e. The Morgan fingerprint density at radius 1 is 1.25 bits per heavy atom. The zero-order valence-corrected chi connectivity index (χ0v) is 12.2. The molecular formula is C14H17NO4S. The Kier molecular flexibility index (Phi) is 4.25. The molecule has 0 saturated heterocycles. The van der Waals surface area contributed by atoms with Crippen LogP contribution in [0, 0.1) is 13.8 Å². The van der Waals surface area contributed by atoms with Crippen LogP contribution in [0.2, 0.25) is 0 Å². The Morgan fingerprint density at radius 2 is 1.90 bits per heavy atom. The normalized spacial score (nSPS) is 13.3. The molecule has 0 bridgehead atoms. The minimum absolute atomic E-state index is 0.229. The maximum atomic E-state index is 12.0. The van der Waals surface area contributed by atoms with Crippen LogP contribution < -0.4 is 0 Å². The van der Waals surface area contributed by atoms with Crippen LogP contribution in [-0.2, 0) is 15.6 Å². The number of hydrogen-bond acceptors (Lipinski definition) is 5. The maximum Gasteiger partial charge on any atom is 0.159 e. The van der Waals surface area contributed by atoms with E-state index in [-0.39, 0.29) is 11.5 Å². The molecule has 0 fully saturated rings. The quantitative estimate of drug-likeness (QED) is 0.911. The fourth-order valence-corrected chi connectivity index (χ4v) is 3.27. The topological polar surface area (TPSA) is 80.4 Å². The molecule has 0 saturated carbocycles. The summed E-state index contributed by atoms with van der Waals surface area (Å²) in [6.07, 6.45) is -1.03. The first-order valence-corrected chi connectivity index (χ1v) is 8.05. The van der Waals surface area contributed by atoms with Crippen LogP contribution in [0.15, 0.2) is 34.9 Å². The molecule has 1 aromatic carbocycles. The molecule has 1 heterocycles. The summed E-state index contributed by atoms with van der Waals surface area (Å²) in [6.45, 7) is 3.63. The van der Waals surface area contributed by atoms with Crippen molar-refractivity contribution in [3.63, 3.8) is 0 Å². The van der Waals surface area contributed by atoms with E-state index in [2.05, 4.69) is 5.16 Å². The smallest absolute Gasteiger partial charge is 0.159 e. The third-order valence-corrected chi connectivity index (χ3v) is 4.48. The fourth-order valence-electron chi connectivity index (χ4n) is 1.90. The van der Waals surface area contributed by atoms with Crippen molar-refractivity contribution in [2.45, 2.75) is 25.7 Å². The number of rotatable bonds is 5. The van der Waals surface area contributed by atoms with Gasteiger partial charge in [0.15, 0.2) is 9.84 Å². The summed E-state index contributed by atoms with van der Waals surface area (Å²) in [5.41, 5.74) is 2.01. The second-order valence-electron chi connectivity index (χ2n) is 4.91. The highest BCUT2D eigenvalue weighted by Gasteiger charge is 2.20. The van der Waals surface area contributed by atoms with Gasteiger partial charge in [0.2, 0.25) is 0 Å². The predicted molar refractivity (Wildman–Crippen MR) is 74.9 cm³/mol. The molecule has 1 unspecified atom stereocenters. The average Bonchev–Trinajstić information content (AvgIpc) is 2.73. The lowest BCUT2D eigenvalue weighted by molar-refractivity contribution is 0.201. The molecule has 0 radical (unpaired) electrons. The first-order valence-electron chi connectivity index (χ1n) is 6.23. The van der Waals surface area contributed by atoms with E-state index in [4.69, 9.17) is 4.52 Å². The third kappa shape index (κ3) is 3.91. The summed E-state index contributed by atoms with van der Waals surface area (Å²) in [4.78, 5) is 0. The summed E-state index contributed by atoms with van der Waals surface area (Å²) in [5, 5.41) is 13.7. The molecule has 0 aliphatic carbocycles. The summed E-state index contributed by atoms with van der Waals surface area (Å²) in [5.74, 6) is 0.00386.